The average Bonchev–Trinajstić information content (AvgIpc) is 2.17. The van der Waals surface area contributed by atoms with Crippen LogP contribution in [0.15, 0.2) is 24.1 Å². The fourth-order valence-electron chi connectivity index (χ4n) is 1.33. The van der Waals surface area contributed by atoms with Gasteiger partial charge in [0, 0.05) is 18.4 Å². The molecule has 0 amide bonds. The van der Waals surface area contributed by atoms with Gasteiger partial charge in [0.15, 0.2) is 5.78 Å². The third-order valence-corrected chi connectivity index (χ3v) is 2.09. The summed E-state index contributed by atoms with van der Waals surface area (Å²) < 4.78 is 17.9. The summed E-state index contributed by atoms with van der Waals surface area (Å²) in [7, 11) is 0. The first-order valence-electron chi connectivity index (χ1n) is 4.88. The van der Waals surface area contributed by atoms with Crippen LogP contribution in [-0.2, 0) is 14.3 Å². The molecule has 15 heavy (non-hydrogen) atoms. The van der Waals surface area contributed by atoms with E-state index < -0.39 is 11.7 Å². The highest BCUT2D eigenvalue weighted by Crippen LogP contribution is 2.23. The van der Waals surface area contributed by atoms with E-state index in [1.807, 2.05) is 0 Å². The molecule has 0 bridgehead atoms. The number of rotatable bonds is 4. The van der Waals surface area contributed by atoms with Crippen molar-refractivity contribution >= 4 is 11.8 Å². The molecule has 1 unspecified atom stereocenters. The molecule has 1 atom stereocenters. The van der Waals surface area contributed by atoms with E-state index >= 15 is 0 Å². The zero-order valence-electron chi connectivity index (χ0n) is 8.53. The third-order valence-electron chi connectivity index (χ3n) is 2.09. The van der Waals surface area contributed by atoms with Gasteiger partial charge in [-0.3, -0.25) is 9.59 Å². The van der Waals surface area contributed by atoms with Crippen LogP contribution in [0.4, 0.5) is 4.39 Å². The molecule has 0 aliphatic heterocycles. The Hall–Kier alpha value is -1.45. The molecule has 0 heterocycles. The molecule has 0 aromatic heterocycles. The van der Waals surface area contributed by atoms with Crippen LogP contribution in [0.3, 0.4) is 0 Å². The van der Waals surface area contributed by atoms with Gasteiger partial charge in [0.1, 0.15) is 5.83 Å². The van der Waals surface area contributed by atoms with Crippen LogP contribution in [0.2, 0.25) is 0 Å². The van der Waals surface area contributed by atoms with Crippen molar-refractivity contribution in [1.29, 1.82) is 0 Å². The Morgan fingerprint density at radius 2 is 2.33 bits per heavy atom. The molecule has 0 radical (unpaired) electrons. The van der Waals surface area contributed by atoms with Crippen molar-refractivity contribution in [3.63, 3.8) is 0 Å². The lowest BCUT2D eigenvalue weighted by Gasteiger charge is -2.12. The highest BCUT2D eigenvalue weighted by atomic mass is 19.1. The predicted molar refractivity (Wildman–Crippen MR) is 52.7 cm³/mol. The van der Waals surface area contributed by atoms with Crippen LogP contribution >= 0.6 is 0 Å². The highest BCUT2D eigenvalue weighted by molar-refractivity contribution is 6.00. The third kappa shape index (κ3) is 3.65. The number of allylic oxidation sites excluding steroid dienone is 4. The second-order valence-corrected chi connectivity index (χ2v) is 3.24. The Labute approximate surface area is 87.6 Å². The summed E-state index contributed by atoms with van der Waals surface area (Å²) in [6.07, 6.45) is 4.26. The summed E-state index contributed by atoms with van der Waals surface area (Å²) in [5.41, 5.74) is 0. The maximum absolute atomic E-state index is 13.2. The average molecular weight is 212 g/mol. The van der Waals surface area contributed by atoms with Gasteiger partial charge in [0.25, 0.3) is 0 Å². The van der Waals surface area contributed by atoms with E-state index in [0.29, 0.717) is 13.0 Å². The number of hydrogen-bond donors (Lipinski definition) is 0. The Kier molecular flexibility index (Phi) is 4.21. The van der Waals surface area contributed by atoms with Gasteiger partial charge in [-0.15, -0.1) is 0 Å². The van der Waals surface area contributed by atoms with Crippen molar-refractivity contribution in [3.05, 3.63) is 24.1 Å². The first kappa shape index (κ1) is 11.6. The van der Waals surface area contributed by atoms with E-state index in [2.05, 4.69) is 0 Å². The second kappa shape index (κ2) is 5.44. The topological polar surface area (TPSA) is 43.4 Å². The fourth-order valence-corrected chi connectivity index (χ4v) is 1.33. The first-order chi connectivity index (χ1) is 7.13. The lowest BCUT2D eigenvalue weighted by molar-refractivity contribution is -0.143. The Bertz CT molecular complexity index is 318. The van der Waals surface area contributed by atoms with Crippen LogP contribution in [0.25, 0.3) is 0 Å². The molecule has 1 aliphatic rings. The number of hydrogen-bond acceptors (Lipinski definition) is 3. The van der Waals surface area contributed by atoms with E-state index in [4.69, 9.17) is 4.74 Å². The van der Waals surface area contributed by atoms with Gasteiger partial charge < -0.3 is 4.74 Å². The van der Waals surface area contributed by atoms with Gasteiger partial charge in [-0.2, -0.15) is 0 Å². The maximum Gasteiger partial charge on any atom is 0.305 e. The number of ketones is 1. The van der Waals surface area contributed by atoms with Crippen LogP contribution in [0, 0.1) is 5.92 Å². The summed E-state index contributed by atoms with van der Waals surface area (Å²) in [6, 6.07) is 0. The first-order valence-corrected chi connectivity index (χ1v) is 4.88. The van der Waals surface area contributed by atoms with E-state index in [1.54, 1.807) is 6.92 Å². The predicted octanol–water partition coefficient (Wildman–Crippen LogP) is 1.94. The van der Waals surface area contributed by atoms with Gasteiger partial charge in [-0.05, 0) is 19.4 Å². The Balaban J connectivity index is 2.40. The van der Waals surface area contributed by atoms with Gasteiger partial charge in [-0.1, -0.05) is 6.08 Å². The monoisotopic (exact) mass is 212 g/mol. The minimum absolute atomic E-state index is 0.165. The molecule has 0 N–H and O–H groups in total. The van der Waals surface area contributed by atoms with Crippen molar-refractivity contribution in [1.82, 2.24) is 0 Å². The Morgan fingerprint density at radius 1 is 1.60 bits per heavy atom. The lowest BCUT2D eigenvalue weighted by atomic mass is 9.96. The van der Waals surface area contributed by atoms with Crippen molar-refractivity contribution in [3.8, 4) is 0 Å². The summed E-state index contributed by atoms with van der Waals surface area (Å²) in [4.78, 5) is 21.8. The summed E-state index contributed by atoms with van der Waals surface area (Å²) in [5, 5.41) is 0. The molecule has 0 aromatic carbocycles. The zero-order chi connectivity index (χ0) is 11.3. The fraction of sp³-hybridized carbons (Fsp3) is 0.455. The zero-order valence-corrected chi connectivity index (χ0v) is 8.53. The lowest BCUT2D eigenvalue weighted by Crippen LogP contribution is -2.10. The maximum atomic E-state index is 13.2. The SMILES string of the molecule is CCOC(=O)CCC1C=CC(=O)C=C1F. The van der Waals surface area contributed by atoms with Crippen molar-refractivity contribution in [2.24, 2.45) is 5.92 Å². The van der Waals surface area contributed by atoms with Gasteiger partial charge >= 0.3 is 5.97 Å². The largest absolute Gasteiger partial charge is 0.466 e. The number of carbonyl (C=O) groups is 2. The van der Waals surface area contributed by atoms with Crippen molar-refractivity contribution in [2.75, 3.05) is 6.61 Å². The van der Waals surface area contributed by atoms with Gasteiger partial charge in [-0.25, -0.2) is 4.39 Å². The normalized spacial score (nSPS) is 20.0. The van der Waals surface area contributed by atoms with Crippen molar-refractivity contribution < 1.29 is 18.7 Å². The number of esters is 1. The van der Waals surface area contributed by atoms with E-state index in [-0.39, 0.29) is 18.2 Å². The molecule has 0 saturated heterocycles. The van der Waals surface area contributed by atoms with Crippen LogP contribution in [0.5, 0.6) is 0 Å². The number of carbonyl (C=O) groups excluding carboxylic acids is 2. The molecule has 82 valence electrons. The number of halogens is 1. The minimum atomic E-state index is -0.480. The van der Waals surface area contributed by atoms with E-state index in [0.717, 1.165) is 6.08 Å². The molecule has 4 heteroatoms. The van der Waals surface area contributed by atoms with Crippen molar-refractivity contribution in [2.45, 2.75) is 19.8 Å². The van der Waals surface area contributed by atoms with Gasteiger partial charge in [0.05, 0.1) is 6.61 Å². The molecule has 1 aliphatic carbocycles. The van der Waals surface area contributed by atoms with Gasteiger partial charge in [0.2, 0.25) is 0 Å². The molecule has 0 aromatic rings. The summed E-state index contributed by atoms with van der Waals surface area (Å²) in [6.45, 7) is 2.05. The summed E-state index contributed by atoms with van der Waals surface area (Å²) >= 11 is 0. The van der Waals surface area contributed by atoms with E-state index in [1.165, 1.54) is 12.2 Å². The Morgan fingerprint density at radius 3 is 2.93 bits per heavy atom. The highest BCUT2D eigenvalue weighted by Gasteiger charge is 2.18. The molecule has 1 rings (SSSR count). The second-order valence-electron chi connectivity index (χ2n) is 3.24. The van der Waals surface area contributed by atoms with Crippen LogP contribution < -0.4 is 0 Å². The number of ether oxygens (including phenoxy) is 1. The van der Waals surface area contributed by atoms with Crippen LogP contribution in [-0.4, -0.2) is 18.4 Å². The molecule has 0 saturated carbocycles. The molecular formula is C11H13FO3. The standard InChI is InChI=1S/C11H13FO3/c1-2-15-11(14)6-4-8-3-5-9(13)7-10(8)12/h3,5,7-8H,2,4,6H2,1H3. The van der Waals surface area contributed by atoms with Crippen LogP contribution in [0.1, 0.15) is 19.8 Å². The smallest absolute Gasteiger partial charge is 0.305 e. The molecular weight excluding hydrogens is 199 g/mol. The minimum Gasteiger partial charge on any atom is -0.466 e. The molecule has 0 spiro atoms. The molecule has 0 fully saturated rings. The quantitative estimate of drug-likeness (QED) is 0.669. The summed E-state index contributed by atoms with van der Waals surface area (Å²) in [5.74, 6) is -1.63. The van der Waals surface area contributed by atoms with E-state index in [9.17, 15) is 14.0 Å². The molecule has 3 nitrogen and oxygen atoms in total.